The molecule has 114 valence electrons. The predicted octanol–water partition coefficient (Wildman–Crippen LogP) is 3.11. The van der Waals surface area contributed by atoms with Gasteiger partial charge in [-0.05, 0) is 38.0 Å². The fourth-order valence-corrected chi connectivity index (χ4v) is 2.89. The minimum Gasteiger partial charge on any atom is -0.389 e. The molecule has 1 rings (SSSR count). The van der Waals surface area contributed by atoms with Crippen molar-refractivity contribution in [2.45, 2.75) is 77.4 Å². The molecule has 3 nitrogen and oxygen atoms in total. The largest absolute Gasteiger partial charge is 0.389 e. The van der Waals surface area contributed by atoms with E-state index in [9.17, 15) is 5.11 Å². The van der Waals surface area contributed by atoms with E-state index in [0.717, 1.165) is 25.4 Å². The second-order valence-electron chi connectivity index (χ2n) is 6.00. The first kappa shape index (κ1) is 16.9. The molecule has 1 fully saturated rings. The van der Waals surface area contributed by atoms with Crippen LogP contribution in [-0.2, 0) is 4.74 Å². The van der Waals surface area contributed by atoms with Gasteiger partial charge >= 0.3 is 0 Å². The van der Waals surface area contributed by atoms with E-state index >= 15 is 0 Å². The van der Waals surface area contributed by atoms with Gasteiger partial charge in [-0.1, -0.05) is 33.1 Å². The molecule has 0 aromatic rings. The van der Waals surface area contributed by atoms with Crippen molar-refractivity contribution in [1.82, 2.24) is 5.32 Å². The molecule has 0 aromatic carbocycles. The number of aliphatic hydroxyl groups excluding tert-OH is 1. The van der Waals surface area contributed by atoms with Crippen molar-refractivity contribution in [1.29, 1.82) is 0 Å². The molecule has 1 saturated carbocycles. The molecule has 1 unspecified atom stereocenters. The van der Waals surface area contributed by atoms with Crippen LogP contribution in [0.5, 0.6) is 0 Å². The van der Waals surface area contributed by atoms with Gasteiger partial charge in [-0.25, -0.2) is 0 Å². The molecule has 0 aromatic heterocycles. The molecule has 0 aliphatic heterocycles. The Balaban J connectivity index is 2.00. The fourth-order valence-electron chi connectivity index (χ4n) is 2.89. The van der Waals surface area contributed by atoms with Gasteiger partial charge in [-0.3, -0.25) is 0 Å². The fraction of sp³-hybridized carbons (Fsp3) is 1.00. The first-order valence-corrected chi connectivity index (χ1v) is 8.25. The first-order valence-electron chi connectivity index (χ1n) is 8.25. The van der Waals surface area contributed by atoms with Crippen molar-refractivity contribution in [2.75, 3.05) is 19.8 Å². The lowest BCUT2D eigenvalue weighted by molar-refractivity contribution is 0.0336. The van der Waals surface area contributed by atoms with E-state index in [2.05, 4.69) is 19.2 Å². The SMILES string of the molecule is CCCCOCC(O)CNC1CCC(CCC)CC1. The smallest absolute Gasteiger partial charge is 0.0897 e. The second-order valence-corrected chi connectivity index (χ2v) is 6.00. The van der Waals surface area contributed by atoms with Crippen molar-refractivity contribution in [3.05, 3.63) is 0 Å². The normalized spacial score (nSPS) is 25.4. The zero-order chi connectivity index (χ0) is 13.9. The first-order chi connectivity index (χ1) is 9.26. The summed E-state index contributed by atoms with van der Waals surface area (Å²) in [5.74, 6) is 0.949. The molecule has 0 saturated heterocycles. The molecule has 19 heavy (non-hydrogen) atoms. The molecule has 1 aliphatic carbocycles. The summed E-state index contributed by atoms with van der Waals surface area (Å²) in [4.78, 5) is 0. The van der Waals surface area contributed by atoms with Crippen LogP contribution < -0.4 is 5.32 Å². The van der Waals surface area contributed by atoms with Crippen LogP contribution in [0.3, 0.4) is 0 Å². The average molecular weight is 271 g/mol. The van der Waals surface area contributed by atoms with Gasteiger partial charge in [0.1, 0.15) is 0 Å². The van der Waals surface area contributed by atoms with Crippen LogP contribution in [0.25, 0.3) is 0 Å². The van der Waals surface area contributed by atoms with E-state index in [1.807, 2.05) is 0 Å². The summed E-state index contributed by atoms with van der Waals surface area (Å²) < 4.78 is 5.43. The molecular formula is C16H33NO2. The molecule has 0 spiro atoms. The average Bonchev–Trinajstić information content (AvgIpc) is 2.43. The summed E-state index contributed by atoms with van der Waals surface area (Å²) in [5.41, 5.74) is 0. The molecule has 3 heteroatoms. The van der Waals surface area contributed by atoms with Crippen LogP contribution in [0.15, 0.2) is 0 Å². The molecular weight excluding hydrogens is 238 g/mol. The summed E-state index contributed by atoms with van der Waals surface area (Å²) in [6.07, 6.45) is 9.84. The Kier molecular flexibility index (Phi) is 9.48. The number of aliphatic hydroxyl groups is 1. The molecule has 0 amide bonds. The third-order valence-corrected chi connectivity index (χ3v) is 4.14. The highest BCUT2D eigenvalue weighted by molar-refractivity contribution is 4.77. The highest BCUT2D eigenvalue weighted by atomic mass is 16.5. The lowest BCUT2D eigenvalue weighted by atomic mass is 9.83. The van der Waals surface area contributed by atoms with Crippen molar-refractivity contribution >= 4 is 0 Å². The van der Waals surface area contributed by atoms with E-state index in [4.69, 9.17) is 4.74 Å². The Bertz CT molecular complexity index is 203. The quantitative estimate of drug-likeness (QED) is 0.600. The maximum Gasteiger partial charge on any atom is 0.0897 e. The van der Waals surface area contributed by atoms with Gasteiger partial charge in [-0.2, -0.15) is 0 Å². The lowest BCUT2D eigenvalue weighted by Crippen LogP contribution is -2.39. The molecule has 2 N–H and O–H groups in total. The highest BCUT2D eigenvalue weighted by Gasteiger charge is 2.20. The van der Waals surface area contributed by atoms with Gasteiger partial charge in [0.05, 0.1) is 12.7 Å². The summed E-state index contributed by atoms with van der Waals surface area (Å²) in [7, 11) is 0. The van der Waals surface area contributed by atoms with Crippen molar-refractivity contribution in [2.24, 2.45) is 5.92 Å². The zero-order valence-corrected chi connectivity index (χ0v) is 12.9. The Morgan fingerprint density at radius 2 is 1.89 bits per heavy atom. The van der Waals surface area contributed by atoms with Crippen LogP contribution in [0.4, 0.5) is 0 Å². The molecule has 0 heterocycles. The number of ether oxygens (including phenoxy) is 1. The predicted molar refractivity (Wildman–Crippen MR) is 80.4 cm³/mol. The van der Waals surface area contributed by atoms with Crippen molar-refractivity contribution in [3.8, 4) is 0 Å². The Morgan fingerprint density at radius 1 is 1.16 bits per heavy atom. The van der Waals surface area contributed by atoms with E-state index < -0.39 is 0 Å². The van der Waals surface area contributed by atoms with Gasteiger partial charge in [0.15, 0.2) is 0 Å². The number of unbranched alkanes of at least 4 members (excludes halogenated alkanes) is 1. The van der Waals surface area contributed by atoms with E-state index in [1.54, 1.807) is 0 Å². The number of hydrogen-bond donors (Lipinski definition) is 2. The van der Waals surface area contributed by atoms with Crippen molar-refractivity contribution < 1.29 is 9.84 Å². The Labute approximate surface area is 119 Å². The maximum absolute atomic E-state index is 9.83. The third-order valence-electron chi connectivity index (χ3n) is 4.14. The van der Waals surface area contributed by atoms with Crippen molar-refractivity contribution in [3.63, 3.8) is 0 Å². The summed E-state index contributed by atoms with van der Waals surface area (Å²) in [6.45, 7) is 6.35. The number of nitrogens with one attached hydrogen (secondary N) is 1. The van der Waals surface area contributed by atoms with Gasteiger partial charge in [0, 0.05) is 19.2 Å². The summed E-state index contributed by atoms with van der Waals surface area (Å²) >= 11 is 0. The summed E-state index contributed by atoms with van der Waals surface area (Å²) in [6, 6.07) is 0.610. The number of rotatable bonds is 10. The van der Waals surface area contributed by atoms with E-state index in [-0.39, 0.29) is 6.10 Å². The van der Waals surface area contributed by atoms with Gasteiger partial charge in [0.25, 0.3) is 0 Å². The van der Waals surface area contributed by atoms with Gasteiger partial charge in [0.2, 0.25) is 0 Å². The van der Waals surface area contributed by atoms with E-state index in [1.165, 1.54) is 38.5 Å². The minimum atomic E-state index is -0.356. The second kappa shape index (κ2) is 10.6. The number of hydrogen-bond acceptors (Lipinski definition) is 3. The van der Waals surface area contributed by atoms with Crippen LogP contribution in [0.1, 0.15) is 65.2 Å². The topological polar surface area (TPSA) is 41.5 Å². The van der Waals surface area contributed by atoms with Crippen LogP contribution in [-0.4, -0.2) is 37.0 Å². The highest BCUT2D eigenvalue weighted by Crippen LogP contribution is 2.27. The molecule has 0 bridgehead atoms. The van der Waals surface area contributed by atoms with E-state index in [0.29, 0.717) is 19.2 Å². The monoisotopic (exact) mass is 271 g/mol. The van der Waals surface area contributed by atoms with Gasteiger partial charge < -0.3 is 15.2 Å². The zero-order valence-electron chi connectivity index (χ0n) is 12.9. The molecule has 1 aliphatic rings. The standard InChI is InChI=1S/C16H33NO2/c1-3-5-11-19-13-16(18)12-17-15-9-7-14(6-4-2)8-10-15/h14-18H,3-13H2,1-2H3. The van der Waals surface area contributed by atoms with Gasteiger partial charge in [-0.15, -0.1) is 0 Å². The lowest BCUT2D eigenvalue weighted by Gasteiger charge is -2.29. The van der Waals surface area contributed by atoms with Crippen LogP contribution >= 0.6 is 0 Å². The van der Waals surface area contributed by atoms with Crippen LogP contribution in [0, 0.1) is 5.92 Å². The van der Waals surface area contributed by atoms with Crippen LogP contribution in [0.2, 0.25) is 0 Å². The maximum atomic E-state index is 9.83. The Hall–Kier alpha value is -0.120. The minimum absolute atomic E-state index is 0.356. The third kappa shape index (κ3) is 7.91. The molecule has 1 atom stereocenters. The summed E-state index contributed by atoms with van der Waals surface area (Å²) in [5, 5.41) is 13.3. The molecule has 0 radical (unpaired) electrons. The Morgan fingerprint density at radius 3 is 2.53 bits per heavy atom.